The van der Waals surface area contributed by atoms with Gasteiger partial charge in [-0.2, -0.15) is 0 Å². The first-order valence-electron chi connectivity index (χ1n) is 8.83. The summed E-state index contributed by atoms with van der Waals surface area (Å²) < 4.78 is 1.21. The van der Waals surface area contributed by atoms with Gasteiger partial charge in [0.25, 0.3) is 5.91 Å². The molecule has 1 aromatic heterocycles. The zero-order valence-electron chi connectivity index (χ0n) is 13.5. The van der Waals surface area contributed by atoms with Crippen molar-refractivity contribution in [1.82, 2.24) is 9.80 Å². The van der Waals surface area contributed by atoms with Crippen molar-refractivity contribution in [1.29, 1.82) is 0 Å². The van der Waals surface area contributed by atoms with Crippen molar-refractivity contribution in [3.63, 3.8) is 0 Å². The smallest absolute Gasteiger partial charge is 0.263 e. The number of hydrogen-bond donors (Lipinski definition) is 0. The number of fused-ring (bicyclic) bond motifs is 1. The number of benzene rings is 1. The largest absolute Gasteiger partial charge is 0.338 e. The minimum absolute atomic E-state index is 0.225. The Morgan fingerprint density at radius 3 is 2.48 bits per heavy atom. The quantitative estimate of drug-likeness (QED) is 0.832. The van der Waals surface area contributed by atoms with Gasteiger partial charge in [0.05, 0.1) is 4.88 Å². The van der Waals surface area contributed by atoms with E-state index in [-0.39, 0.29) is 5.91 Å². The Hall–Kier alpha value is -1.39. The van der Waals surface area contributed by atoms with Gasteiger partial charge in [-0.1, -0.05) is 24.6 Å². The molecule has 23 heavy (non-hydrogen) atoms. The normalized spacial score (nSPS) is 21.0. The maximum absolute atomic E-state index is 12.8. The molecule has 0 spiro atoms. The van der Waals surface area contributed by atoms with E-state index < -0.39 is 0 Å². The molecule has 1 amide bonds. The van der Waals surface area contributed by atoms with Crippen molar-refractivity contribution < 1.29 is 4.79 Å². The SMILES string of the molecule is O=C(c1cc2ccccc2s1)N1CCC(N2CCCCC2)CC1. The molecule has 0 N–H and O–H groups in total. The van der Waals surface area contributed by atoms with E-state index >= 15 is 0 Å². The molecule has 0 atom stereocenters. The highest BCUT2D eigenvalue weighted by atomic mass is 32.1. The molecule has 0 saturated carbocycles. The molecule has 2 aliphatic rings. The van der Waals surface area contributed by atoms with Gasteiger partial charge in [0.15, 0.2) is 0 Å². The Morgan fingerprint density at radius 1 is 1.00 bits per heavy atom. The number of likely N-dealkylation sites (tertiary alicyclic amines) is 2. The van der Waals surface area contributed by atoms with Gasteiger partial charge in [-0.05, 0) is 56.3 Å². The van der Waals surface area contributed by atoms with Gasteiger partial charge in [0.1, 0.15) is 0 Å². The monoisotopic (exact) mass is 328 g/mol. The van der Waals surface area contributed by atoms with Gasteiger partial charge in [-0.3, -0.25) is 4.79 Å². The van der Waals surface area contributed by atoms with Crippen molar-refractivity contribution in [3.05, 3.63) is 35.2 Å². The molecule has 122 valence electrons. The fourth-order valence-electron chi connectivity index (χ4n) is 3.96. The van der Waals surface area contributed by atoms with E-state index in [1.165, 1.54) is 42.4 Å². The molecule has 2 aliphatic heterocycles. The van der Waals surface area contributed by atoms with Crippen LogP contribution in [0.4, 0.5) is 0 Å². The van der Waals surface area contributed by atoms with E-state index in [1.54, 1.807) is 11.3 Å². The second kappa shape index (κ2) is 6.62. The number of rotatable bonds is 2. The predicted molar refractivity (Wildman–Crippen MR) is 96.2 cm³/mol. The van der Waals surface area contributed by atoms with Gasteiger partial charge in [-0.15, -0.1) is 11.3 Å². The van der Waals surface area contributed by atoms with Crippen molar-refractivity contribution in [2.24, 2.45) is 0 Å². The lowest BCUT2D eigenvalue weighted by Crippen LogP contribution is -2.48. The first-order valence-corrected chi connectivity index (χ1v) is 9.65. The molecular formula is C19H24N2OS. The molecule has 0 radical (unpaired) electrons. The van der Waals surface area contributed by atoms with Crippen molar-refractivity contribution in [2.75, 3.05) is 26.2 Å². The van der Waals surface area contributed by atoms with Crippen LogP contribution in [0.25, 0.3) is 10.1 Å². The highest BCUT2D eigenvalue weighted by molar-refractivity contribution is 7.20. The van der Waals surface area contributed by atoms with Crippen molar-refractivity contribution >= 4 is 27.3 Å². The third-order valence-electron chi connectivity index (χ3n) is 5.30. The lowest BCUT2D eigenvalue weighted by atomic mass is 10.00. The van der Waals surface area contributed by atoms with Crippen LogP contribution in [-0.4, -0.2) is 47.9 Å². The summed E-state index contributed by atoms with van der Waals surface area (Å²) >= 11 is 1.63. The third-order valence-corrected chi connectivity index (χ3v) is 6.40. The molecule has 2 fully saturated rings. The molecule has 3 nitrogen and oxygen atoms in total. The Labute approximate surface area is 141 Å². The zero-order chi connectivity index (χ0) is 15.6. The number of thiophene rings is 1. The molecule has 0 unspecified atom stereocenters. The molecule has 2 aromatic rings. The first kappa shape index (κ1) is 15.2. The highest BCUT2D eigenvalue weighted by Gasteiger charge is 2.28. The number of carbonyl (C=O) groups is 1. The van der Waals surface area contributed by atoms with Crippen LogP contribution in [0.3, 0.4) is 0 Å². The summed E-state index contributed by atoms with van der Waals surface area (Å²) in [4.78, 5) is 18.4. The Bertz CT molecular complexity index is 648. The van der Waals surface area contributed by atoms with Gasteiger partial charge in [0.2, 0.25) is 0 Å². The van der Waals surface area contributed by atoms with Crippen LogP contribution in [0.2, 0.25) is 0 Å². The molecule has 3 heterocycles. The maximum atomic E-state index is 12.8. The Kier molecular flexibility index (Phi) is 4.36. The minimum Gasteiger partial charge on any atom is -0.338 e. The standard InChI is InChI=1S/C19H24N2OS/c22-19(18-14-15-6-2-3-7-17(15)23-18)21-12-8-16(9-13-21)20-10-4-1-5-11-20/h2-3,6-7,14,16H,1,4-5,8-13H2. The van der Waals surface area contributed by atoms with Crippen LogP contribution in [0, 0.1) is 0 Å². The van der Waals surface area contributed by atoms with Crippen LogP contribution >= 0.6 is 11.3 Å². The second-order valence-electron chi connectivity index (χ2n) is 6.77. The van der Waals surface area contributed by atoms with Gasteiger partial charge in [0, 0.05) is 23.8 Å². The second-order valence-corrected chi connectivity index (χ2v) is 7.85. The number of carbonyl (C=O) groups excluding carboxylic acids is 1. The molecule has 4 rings (SSSR count). The van der Waals surface area contributed by atoms with E-state index in [0.29, 0.717) is 6.04 Å². The van der Waals surface area contributed by atoms with Crippen LogP contribution in [0.1, 0.15) is 41.8 Å². The fourth-order valence-corrected chi connectivity index (χ4v) is 4.99. The van der Waals surface area contributed by atoms with E-state index in [4.69, 9.17) is 0 Å². The van der Waals surface area contributed by atoms with Crippen molar-refractivity contribution in [3.8, 4) is 0 Å². The molecule has 2 saturated heterocycles. The van der Waals surface area contributed by atoms with E-state index in [1.807, 2.05) is 12.1 Å². The van der Waals surface area contributed by atoms with Crippen LogP contribution < -0.4 is 0 Å². The highest BCUT2D eigenvalue weighted by Crippen LogP contribution is 2.28. The molecule has 4 heteroatoms. The maximum Gasteiger partial charge on any atom is 0.263 e. The summed E-state index contributed by atoms with van der Waals surface area (Å²) in [6.07, 6.45) is 6.36. The van der Waals surface area contributed by atoms with Crippen LogP contribution in [0.5, 0.6) is 0 Å². The summed E-state index contributed by atoms with van der Waals surface area (Å²) in [5.41, 5.74) is 0. The van der Waals surface area contributed by atoms with E-state index in [9.17, 15) is 4.79 Å². The summed E-state index contributed by atoms with van der Waals surface area (Å²) in [5, 5.41) is 1.18. The van der Waals surface area contributed by atoms with Crippen LogP contribution in [0.15, 0.2) is 30.3 Å². The number of hydrogen-bond acceptors (Lipinski definition) is 3. The third kappa shape index (κ3) is 3.15. The average molecular weight is 328 g/mol. The minimum atomic E-state index is 0.225. The Morgan fingerprint density at radius 2 is 1.74 bits per heavy atom. The number of piperidine rings is 2. The number of nitrogens with zero attached hydrogens (tertiary/aromatic N) is 2. The van der Waals surface area contributed by atoms with Gasteiger partial charge >= 0.3 is 0 Å². The first-order chi connectivity index (χ1) is 11.3. The van der Waals surface area contributed by atoms with E-state index in [0.717, 1.165) is 30.8 Å². The lowest BCUT2D eigenvalue weighted by molar-refractivity contribution is 0.0594. The average Bonchev–Trinajstić information content (AvgIpc) is 3.06. The van der Waals surface area contributed by atoms with Gasteiger partial charge in [-0.25, -0.2) is 0 Å². The van der Waals surface area contributed by atoms with Crippen molar-refractivity contribution in [2.45, 2.75) is 38.1 Å². The summed E-state index contributed by atoms with van der Waals surface area (Å²) in [5.74, 6) is 0.225. The van der Waals surface area contributed by atoms with E-state index in [2.05, 4.69) is 28.0 Å². The number of amides is 1. The summed E-state index contributed by atoms with van der Waals surface area (Å²) in [6.45, 7) is 4.34. The molecule has 0 aliphatic carbocycles. The zero-order valence-corrected chi connectivity index (χ0v) is 14.4. The van der Waals surface area contributed by atoms with Crippen LogP contribution in [-0.2, 0) is 0 Å². The molecule has 1 aromatic carbocycles. The Balaban J connectivity index is 1.40. The fraction of sp³-hybridized carbons (Fsp3) is 0.526. The molecular weight excluding hydrogens is 304 g/mol. The lowest BCUT2D eigenvalue weighted by Gasteiger charge is -2.40. The van der Waals surface area contributed by atoms with Gasteiger partial charge < -0.3 is 9.80 Å². The topological polar surface area (TPSA) is 23.6 Å². The summed E-state index contributed by atoms with van der Waals surface area (Å²) in [6, 6.07) is 11.0. The molecule has 0 bridgehead atoms. The summed E-state index contributed by atoms with van der Waals surface area (Å²) in [7, 11) is 0. The predicted octanol–water partition coefficient (Wildman–Crippen LogP) is 3.99.